The van der Waals surface area contributed by atoms with Crippen LogP contribution >= 0.6 is 0 Å². The van der Waals surface area contributed by atoms with Gasteiger partial charge < -0.3 is 25.1 Å². The Labute approximate surface area is 74.1 Å². The summed E-state index contributed by atoms with van der Waals surface area (Å²) in [5.74, 6) is 0. The second-order valence-corrected chi connectivity index (χ2v) is 0.340. The maximum absolute atomic E-state index is 8.44. The fourth-order valence-corrected chi connectivity index (χ4v) is 0. The van der Waals surface area contributed by atoms with Crippen LogP contribution in [0.25, 0.3) is 0 Å². The summed E-state index contributed by atoms with van der Waals surface area (Å²) in [5.41, 5.74) is 0. The monoisotopic (exact) mass is 147 g/mol. The van der Waals surface area contributed by atoms with E-state index in [0.29, 0.717) is 0 Å². The average molecular weight is 147 g/mol. The van der Waals surface area contributed by atoms with E-state index in [0.717, 1.165) is 5.34 Å². The van der Waals surface area contributed by atoms with Crippen LogP contribution in [0, 0.1) is 10.1 Å². The van der Waals surface area contributed by atoms with Gasteiger partial charge in [-0.1, -0.05) is 0 Å². The van der Waals surface area contributed by atoms with Crippen molar-refractivity contribution < 1.29 is 15.0 Å². The molecular formula is CHCaNO5. The van der Waals surface area contributed by atoms with E-state index in [9.17, 15) is 0 Å². The number of nitrogens with zero attached hydrogens (tertiary/aromatic N) is 1. The van der Waals surface area contributed by atoms with E-state index in [1.54, 1.807) is 0 Å². The molecule has 0 amide bonds. The largest absolute Gasteiger partial charge is 2.00 e. The van der Waals surface area contributed by atoms with Crippen molar-refractivity contribution in [1.29, 1.82) is 0 Å². The molecule has 0 saturated heterocycles. The Morgan fingerprint density at radius 2 is 1.62 bits per heavy atom. The van der Waals surface area contributed by atoms with Gasteiger partial charge in [0.25, 0.3) is 0 Å². The van der Waals surface area contributed by atoms with Crippen LogP contribution in [-0.4, -0.2) is 49.0 Å². The summed E-state index contributed by atoms with van der Waals surface area (Å²) in [6.07, 6.45) is -2.08. The minimum absolute atomic E-state index is 0. The van der Waals surface area contributed by atoms with E-state index < -0.39 is 6.16 Å². The van der Waals surface area contributed by atoms with Crippen molar-refractivity contribution in [1.82, 2.24) is 0 Å². The molecule has 0 aliphatic rings. The van der Waals surface area contributed by atoms with Crippen molar-refractivity contribution in [2.24, 2.45) is 5.34 Å². The third-order valence-corrected chi connectivity index (χ3v) is 0. The first-order valence-electron chi connectivity index (χ1n) is 0.997. The van der Waals surface area contributed by atoms with Crippen molar-refractivity contribution >= 4 is 43.9 Å². The molecule has 0 bridgehead atoms. The topological polar surface area (TPSA) is 113 Å². The summed E-state index contributed by atoms with van der Waals surface area (Å²) in [6, 6.07) is 0. The van der Waals surface area contributed by atoms with Crippen LogP contribution in [-0.2, 0) is 0 Å². The molecule has 0 heterocycles. The van der Waals surface area contributed by atoms with Crippen LogP contribution in [0.3, 0.4) is 0 Å². The van der Waals surface area contributed by atoms with Crippen LogP contribution in [0.2, 0.25) is 0 Å². The minimum atomic E-state index is -2.08. The van der Waals surface area contributed by atoms with Crippen molar-refractivity contribution in [2.75, 3.05) is 0 Å². The molecule has 0 aliphatic carbocycles. The zero-order chi connectivity index (χ0) is 6.28. The van der Waals surface area contributed by atoms with Gasteiger partial charge in [-0.2, -0.15) is 0 Å². The van der Waals surface area contributed by atoms with Gasteiger partial charge in [0.05, 0.1) is 0 Å². The molecule has 0 aliphatic heterocycles. The molecule has 0 atom stereocenters. The Morgan fingerprint density at radius 1 is 1.62 bits per heavy atom. The molecule has 0 aromatic heterocycles. The second kappa shape index (κ2) is 15.8. The van der Waals surface area contributed by atoms with E-state index in [1.807, 2.05) is 0 Å². The Hall–Kier alpha value is -0.0703. The molecule has 0 aromatic carbocycles. The van der Waals surface area contributed by atoms with E-state index in [2.05, 4.69) is 0 Å². The van der Waals surface area contributed by atoms with E-state index in [1.165, 1.54) is 0 Å². The van der Waals surface area contributed by atoms with Crippen molar-refractivity contribution in [2.45, 2.75) is 0 Å². The predicted octanol–water partition coefficient (Wildman–Crippen LogP) is -1.24. The summed E-state index contributed by atoms with van der Waals surface area (Å²) < 4.78 is 0. The van der Waals surface area contributed by atoms with E-state index in [-0.39, 0.29) is 37.7 Å². The SMILES string of the molecule is O=C([O-])O.O=N[O-].[Ca+2]. The van der Waals surface area contributed by atoms with Gasteiger partial charge >= 0.3 is 37.7 Å². The van der Waals surface area contributed by atoms with E-state index in [4.69, 9.17) is 25.1 Å². The first-order chi connectivity index (χ1) is 3.15. The standard InChI is InChI=1S/CH2O3.Ca.HNO2/c2-1(3)4;;2-1-3/h(H2,2,3,4);;(H,2,3)/q;+2;/p-2. The Kier molecular flexibility index (Phi) is 30.9. The predicted molar refractivity (Wildman–Crippen MR) is 22.9 cm³/mol. The molecule has 8 heavy (non-hydrogen) atoms. The van der Waals surface area contributed by atoms with E-state index >= 15 is 0 Å². The molecule has 0 aromatic rings. The molecule has 1 N–H and O–H groups in total. The van der Waals surface area contributed by atoms with Gasteiger partial charge in [-0.05, 0) is 0 Å². The number of carboxylic acid groups (broad SMARTS) is 2. The third-order valence-electron chi connectivity index (χ3n) is 0. The van der Waals surface area contributed by atoms with Gasteiger partial charge in [0.15, 0.2) is 0 Å². The summed E-state index contributed by atoms with van der Waals surface area (Å²) >= 11 is 0. The summed E-state index contributed by atoms with van der Waals surface area (Å²) in [7, 11) is 0. The third kappa shape index (κ3) is 29200. The van der Waals surface area contributed by atoms with Gasteiger partial charge in [-0.3, -0.25) is 0 Å². The Morgan fingerprint density at radius 3 is 1.62 bits per heavy atom. The molecule has 0 spiro atoms. The molecule has 7 heteroatoms. The average Bonchev–Trinajstić information content (AvgIpc) is 1.33. The van der Waals surface area contributed by atoms with Crippen molar-refractivity contribution in [3.8, 4) is 0 Å². The first kappa shape index (κ1) is 15.7. The summed E-state index contributed by atoms with van der Waals surface area (Å²) in [4.78, 5) is 16.4. The Balaban J connectivity index is -0.0000000575. The van der Waals surface area contributed by atoms with Crippen LogP contribution in [0.1, 0.15) is 0 Å². The quantitative estimate of drug-likeness (QED) is 0.261. The molecule has 42 valence electrons. The maximum atomic E-state index is 8.44. The normalized spacial score (nSPS) is 4.50. The fourth-order valence-electron chi connectivity index (χ4n) is 0. The molecule has 0 unspecified atom stereocenters. The summed E-state index contributed by atoms with van der Waals surface area (Å²) in [6.45, 7) is 0. The van der Waals surface area contributed by atoms with Gasteiger partial charge in [0.2, 0.25) is 6.16 Å². The molecule has 0 rings (SSSR count). The smallest absolute Gasteiger partial charge is 0.565 e. The van der Waals surface area contributed by atoms with Crippen LogP contribution in [0.15, 0.2) is 5.34 Å². The molecule has 0 saturated carbocycles. The molecule has 6 nitrogen and oxygen atoms in total. The Bertz CT molecular complexity index is 59.4. The molecule has 0 radical (unpaired) electrons. The van der Waals surface area contributed by atoms with Gasteiger partial charge in [-0.15, -0.1) is 5.34 Å². The van der Waals surface area contributed by atoms with Gasteiger partial charge in [-0.25, -0.2) is 0 Å². The van der Waals surface area contributed by atoms with Crippen LogP contribution in [0.4, 0.5) is 4.79 Å². The van der Waals surface area contributed by atoms with Crippen molar-refractivity contribution in [3.05, 3.63) is 10.1 Å². The van der Waals surface area contributed by atoms with Gasteiger partial charge in [0.1, 0.15) is 0 Å². The first-order valence-corrected chi connectivity index (χ1v) is 0.997. The molecule has 0 fully saturated rings. The minimum Gasteiger partial charge on any atom is -0.565 e. The number of hydrogen-bond donors (Lipinski definition) is 1. The fraction of sp³-hybridized carbons (Fsp3) is 0. The number of rotatable bonds is 0. The number of hydrogen-bond acceptors (Lipinski definition) is 5. The van der Waals surface area contributed by atoms with Crippen LogP contribution in [0.5, 0.6) is 0 Å². The van der Waals surface area contributed by atoms with Gasteiger partial charge in [0, 0.05) is 0 Å². The van der Waals surface area contributed by atoms with Crippen LogP contribution < -0.4 is 5.11 Å². The maximum Gasteiger partial charge on any atom is 2.00 e. The second-order valence-electron chi connectivity index (χ2n) is 0.340. The number of carbonyl (C=O) groups is 1. The zero-order valence-corrected chi connectivity index (χ0v) is 5.94. The zero-order valence-electron chi connectivity index (χ0n) is 3.73. The molecular weight excluding hydrogens is 146 g/mol. The van der Waals surface area contributed by atoms with Crippen molar-refractivity contribution in [3.63, 3.8) is 0 Å². The summed E-state index contributed by atoms with van der Waals surface area (Å²) in [5, 5.41) is 24.3.